The van der Waals surface area contributed by atoms with E-state index in [0.717, 1.165) is 5.56 Å². The molecule has 1 aliphatic heterocycles. The van der Waals surface area contributed by atoms with Crippen LogP contribution in [-0.4, -0.2) is 43.1 Å². The first-order chi connectivity index (χ1) is 12.6. The molecule has 0 spiro atoms. The number of hydrogen-bond acceptors (Lipinski definition) is 4. The monoisotopic (exact) mass is 355 g/mol. The first kappa shape index (κ1) is 17.8. The topological polar surface area (TPSA) is 55.8 Å². The van der Waals surface area contributed by atoms with Crippen molar-refractivity contribution in [2.24, 2.45) is 0 Å². The standard InChI is InChI=1S/C20H18FNO4/c21-17-6-1-15(2-7-17)3-10-19(23)16-4-8-18(9-5-16)26-20(24)22-11-13-25-14-12-22/h1-10H,11-14H2. The molecule has 0 atom stereocenters. The molecule has 0 aliphatic carbocycles. The number of allylic oxidation sites excluding steroid dienone is 1. The van der Waals surface area contributed by atoms with Gasteiger partial charge in [0, 0.05) is 18.7 Å². The number of rotatable bonds is 4. The molecule has 1 fully saturated rings. The van der Waals surface area contributed by atoms with E-state index in [1.165, 1.54) is 18.2 Å². The van der Waals surface area contributed by atoms with Gasteiger partial charge in [-0.05, 0) is 48.0 Å². The van der Waals surface area contributed by atoms with Gasteiger partial charge in [0.1, 0.15) is 11.6 Å². The first-order valence-corrected chi connectivity index (χ1v) is 8.24. The van der Waals surface area contributed by atoms with Crippen LogP contribution in [0.5, 0.6) is 5.75 Å². The minimum atomic E-state index is -0.427. The quantitative estimate of drug-likeness (QED) is 0.622. The zero-order chi connectivity index (χ0) is 18.4. The van der Waals surface area contributed by atoms with Crippen molar-refractivity contribution in [2.75, 3.05) is 26.3 Å². The van der Waals surface area contributed by atoms with Crippen LogP contribution in [0.4, 0.5) is 9.18 Å². The highest BCUT2D eigenvalue weighted by Gasteiger charge is 2.18. The second-order valence-electron chi connectivity index (χ2n) is 5.74. The highest BCUT2D eigenvalue weighted by molar-refractivity contribution is 6.06. The van der Waals surface area contributed by atoms with Gasteiger partial charge in [-0.25, -0.2) is 9.18 Å². The third kappa shape index (κ3) is 4.77. The average molecular weight is 355 g/mol. The molecule has 0 N–H and O–H groups in total. The fourth-order valence-electron chi connectivity index (χ4n) is 2.44. The van der Waals surface area contributed by atoms with Gasteiger partial charge in [-0.2, -0.15) is 0 Å². The van der Waals surface area contributed by atoms with Crippen molar-refractivity contribution in [2.45, 2.75) is 0 Å². The zero-order valence-electron chi connectivity index (χ0n) is 14.1. The predicted octanol–water partition coefficient (Wildman–Crippen LogP) is 3.55. The summed E-state index contributed by atoms with van der Waals surface area (Å²) in [5, 5.41) is 0. The molecule has 0 aromatic heterocycles. The molecule has 2 aromatic rings. The van der Waals surface area contributed by atoms with E-state index in [9.17, 15) is 14.0 Å². The van der Waals surface area contributed by atoms with Crippen LogP contribution in [0.1, 0.15) is 15.9 Å². The molecule has 0 bridgehead atoms. The lowest BCUT2D eigenvalue weighted by Gasteiger charge is -2.25. The summed E-state index contributed by atoms with van der Waals surface area (Å²) >= 11 is 0. The lowest BCUT2D eigenvalue weighted by Crippen LogP contribution is -2.42. The molecule has 3 rings (SSSR count). The minimum Gasteiger partial charge on any atom is -0.410 e. The summed E-state index contributed by atoms with van der Waals surface area (Å²) in [6, 6.07) is 12.2. The van der Waals surface area contributed by atoms with Gasteiger partial charge in [0.25, 0.3) is 0 Å². The zero-order valence-corrected chi connectivity index (χ0v) is 14.1. The van der Waals surface area contributed by atoms with E-state index in [-0.39, 0.29) is 11.6 Å². The van der Waals surface area contributed by atoms with Gasteiger partial charge in [0.2, 0.25) is 0 Å². The van der Waals surface area contributed by atoms with Crippen molar-refractivity contribution in [1.82, 2.24) is 4.90 Å². The molecule has 26 heavy (non-hydrogen) atoms. The molecule has 1 heterocycles. The van der Waals surface area contributed by atoms with Crippen molar-refractivity contribution in [3.8, 4) is 5.75 Å². The van der Waals surface area contributed by atoms with Crippen molar-refractivity contribution in [3.63, 3.8) is 0 Å². The van der Waals surface area contributed by atoms with Crippen LogP contribution in [0.2, 0.25) is 0 Å². The Balaban J connectivity index is 1.58. The average Bonchev–Trinajstić information content (AvgIpc) is 2.68. The minimum absolute atomic E-state index is 0.194. The summed E-state index contributed by atoms with van der Waals surface area (Å²) < 4.78 is 23.3. The Labute approximate surface area is 150 Å². The second kappa shape index (κ2) is 8.40. The van der Waals surface area contributed by atoms with Crippen LogP contribution in [-0.2, 0) is 4.74 Å². The molecule has 0 radical (unpaired) electrons. The number of carbonyl (C=O) groups is 2. The molecule has 2 aromatic carbocycles. The van der Waals surface area contributed by atoms with Gasteiger partial charge in [-0.3, -0.25) is 4.79 Å². The Bertz CT molecular complexity index is 794. The molecule has 1 amide bonds. The first-order valence-electron chi connectivity index (χ1n) is 8.24. The van der Waals surface area contributed by atoms with Crippen molar-refractivity contribution in [1.29, 1.82) is 0 Å². The van der Waals surface area contributed by atoms with Crippen LogP contribution < -0.4 is 4.74 Å². The van der Waals surface area contributed by atoms with E-state index >= 15 is 0 Å². The predicted molar refractivity (Wildman–Crippen MR) is 94.6 cm³/mol. The number of halogens is 1. The fraction of sp³-hybridized carbons (Fsp3) is 0.200. The maximum absolute atomic E-state index is 12.9. The second-order valence-corrected chi connectivity index (χ2v) is 5.74. The lowest BCUT2D eigenvalue weighted by atomic mass is 10.1. The third-order valence-corrected chi connectivity index (χ3v) is 3.91. The van der Waals surface area contributed by atoms with Gasteiger partial charge in [-0.15, -0.1) is 0 Å². The van der Waals surface area contributed by atoms with Gasteiger partial charge in [-0.1, -0.05) is 18.2 Å². The molecule has 5 nitrogen and oxygen atoms in total. The number of nitrogens with zero attached hydrogens (tertiary/aromatic N) is 1. The van der Waals surface area contributed by atoms with Gasteiger partial charge < -0.3 is 14.4 Å². The summed E-state index contributed by atoms with van der Waals surface area (Å²) in [5.74, 6) is -0.142. The van der Waals surface area contributed by atoms with Gasteiger partial charge >= 0.3 is 6.09 Å². The number of ketones is 1. The van der Waals surface area contributed by atoms with Crippen molar-refractivity contribution in [3.05, 3.63) is 71.6 Å². The number of benzene rings is 2. The highest BCUT2D eigenvalue weighted by atomic mass is 19.1. The van der Waals surface area contributed by atoms with Crippen molar-refractivity contribution < 1.29 is 23.5 Å². The van der Waals surface area contributed by atoms with E-state index in [1.54, 1.807) is 47.4 Å². The molecular formula is C20H18FNO4. The molecule has 6 heteroatoms. The van der Waals surface area contributed by atoms with Crippen LogP contribution in [0, 0.1) is 5.82 Å². The maximum atomic E-state index is 12.9. The van der Waals surface area contributed by atoms with E-state index in [0.29, 0.717) is 37.6 Å². The van der Waals surface area contributed by atoms with E-state index in [2.05, 4.69) is 0 Å². The molecular weight excluding hydrogens is 337 g/mol. The number of hydrogen-bond donors (Lipinski definition) is 0. The smallest absolute Gasteiger partial charge is 0.410 e. The summed E-state index contributed by atoms with van der Waals surface area (Å²) in [5.41, 5.74) is 1.20. The highest BCUT2D eigenvalue weighted by Crippen LogP contribution is 2.15. The summed E-state index contributed by atoms with van der Waals surface area (Å²) in [6.07, 6.45) is 2.61. The van der Waals surface area contributed by atoms with Gasteiger partial charge in [0.15, 0.2) is 5.78 Å². The van der Waals surface area contributed by atoms with Crippen LogP contribution >= 0.6 is 0 Å². The number of morpholine rings is 1. The molecule has 134 valence electrons. The van der Waals surface area contributed by atoms with E-state index in [1.807, 2.05) is 0 Å². The Morgan fingerprint density at radius 3 is 2.31 bits per heavy atom. The Morgan fingerprint density at radius 2 is 1.65 bits per heavy atom. The summed E-state index contributed by atoms with van der Waals surface area (Å²) in [4.78, 5) is 25.8. The molecule has 1 aliphatic rings. The molecule has 1 saturated heterocycles. The van der Waals surface area contributed by atoms with E-state index in [4.69, 9.17) is 9.47 Å². The Kier molecular flexibility index (Phi) is 5.76. The fourth-order valence-corrected chi connectivity index (χ4v) is 2.44. The van der Waals surface area contributed by atoms with Crippen molar-refractivity contribution >= 4 is 18.0 Å². The largest absolute Gasteiger partial charge is 0.415 e. The number of carbonyl (C=O) groups excluding carboxylic acids is 2. The maximum Gasteiger partial charge on any atom is 0.415 e. The SMILES string of the molecule is O=C(C=Cc1ccc(F)cc1)c1ccc(OC(=O)N2CCOCC2)cc1. The van der Waals surface area contributed by atoms with Crippen LogP contribution in [0.15, 0.2) is 54.6 Å². The van der Waals surface area contributed by atoms with Crippen LogP contribution in [0.25, 0.3) is 6.08 Å². The van der Waals surface area contributed by atoms with E-state index < -0.39 is 6.09 Å². The number of amides is 1. The summed E-state index contributed by atoms with van der Waals surface area (Å²) in [7, 11) is 0. The normalized spacial score (nSPS) is 14.4. The lowest BCUT2D eigenvalue weighted by molar-refractivity contribution is 0.0416. The Hall–Kier alpha value is -2.99. The number of ether oxygens (including phenoxy) is 2. The van der Waals surface area contributed by atoms with Gasteiger partial charge in [0.05, 0.1) is 13.2 Å². The third-order valence-electron chi connectivity index (χ3n) is 3.91. The Morgan fingerprint density at radius 1 is 1.00 bits per heavy atom. The summed E-state index contributed by atoms with van der Waals surface area (Å²) in [6.45, 7) is 2.01. The van der Waals surface area contributed by atoms with Crippen LogP contribution in [0.3, 0.4) is 0 Å². The molecule has 0 unspecified atom stereocenters. The molecule has 0 saturated carbocycles.